The highest BCUT2D eigenvalue weighted by Crippen LogP contribution is 2.25. The molecule has 0 N–H and O–H groups in total. The summed E-state index contributed by atoms with van der Waals surface area (Å²) < 4.78 is 10.7. The molecule has 1 atom stereocenters. The molecule has 0 saturated carbocycles. The van der Waals surface area contributed by atoms with Crippen molar-refractivity contribution in [3.63, 3.8) is 0 Å². The summed E-state index contributed by atoms with van der Waals surface area (Å²) in [5.74, 6) is 0.0450. The lowest BCUT2D eigenvalue weighted by Crippen LogP contribution is -2.19. The van der Waals surface area contributed by atoms with E-state index < -0.39 is 6.10 Å². The molecule has 0 saturated heterocycles. The van der Waals surface area contributed by atoms with E-state index in [1.54, 1.807) is 6.92 Å². The van der Waals surface area contributed by atoms with Crippen LogP contribution in [-0.2, 0) is 19.1 Å². The molecule has 36 heavy (non-hydrogen) atoms. The molecule has 0 radical (unpaired) electrons. The van der Waals surface area contributed by atoms with Crippen molar-refractivity contribution in [2.24, 2.45) is 0 Å². The quantitative estimate of drug-likeness (QED) is 0.0912. The SMILES string of the molecule is CCCCCCCCCCCCCCCCCCCCCCCCC(=O)OC1=C(C)OC(CC)C1=O. The number of rotatable bonds is 25. The molecule has 1 rings (SSSR count). The van der Waals surface area contributed by atoms with Gasteiger partial charge in [-0.2, -0.15) is 0 Å². The second kappa shape index (κ2) is 22.8. The molecule has 0 aromatic rings. The summed E-state index contributed by atoms with van der Waals surface area (Å²) in [6, 6.07) is 0. The summed E-state index contributed by atoms with van der Waals surface area (Å²) in [7, 11) is 0. The smallest absolute Gasteiger partial charge is 0.311 e. The molecular formula is C32H58O4. The third-order valence-electron chi connectivity index (χ3n) is 7.48. The number of esters is 1. The molecule has 0 aliphatic carbocycles. The van der Waals surface area contributed by atoms with Gasteiger partial charge in [-0.1, -0.05) is 149 Å². The second-order valence-electron chi connectivity index (χ2n) is 10.9. The molecule has 1 aliphatic rings. The van der Waals surface area contributed by atoms with Crippen LogP contribution in [0.2, 0.25) is 0 Å². The van der Waals surface area contributed by atoms with E-state index >= 15 is 0 Å². The maximum absolute atomic E-state index is 12.1. The van der Waals surface area contributed by atoms with Gasteiger partial charge >= 0.3 is 5.97 Å². The normalized spacial score (nSPS) is 15.5. The van der Waals surface area contributed by atoms with Crippen molar-refractivity contribution in [1.82, 2.24) is 0 Å². The number of hydrogen-bond acceptors (Lipinski definition) is 4. The highest BCUT2D eigenvalue weighted by molar-refractivity contribution is 6.01. The fraction of sp³-hybridized carbons (Fsp3) is 0.875. The van der Waals surface area contributed by atoms with Crippen LogP contribution in [0, 0.1) is 0 Å². The topological polar surface area (TPSA) is 52.6 Å². The van der Waals surface area contributed by atoms with E-state index in [1.807, 2.05) is 6.92 Å². The third kappa shape index (κ3) is 16.4. The van der Waals surface area contributed by atoms with Crippen LogP contribution < -0.4 is 0 Å². The summed E-state index contributed by atoms with van der Waals surface area (Å²) in [6.45, 7) is 5.87. The predicted octanol–water partition coefficient (Wildman–Crippen LogP) is 10.1. The van der Waals surface area contributed by atoms with E-state index in [-0.39, 0.29) is 17.5 Å². The molecule has 0 spiro atoms. The first-order chi connectivity index (χ1) is 17.6. The Morgan fingerprint density at radius 3 is 1.33 bits per heavy atom. The second-order valence-corrected chi connectivity index (χ2v) is 10.9. The molecule has 0 bridgehead atoms. The van der Waals surface area contributed by atoms with Gasteiger partial charge in [-0.3, -0.25) is 9.59 Å². The minimum absolute atomic E-state index is 0.116. The first-order valence-corrected chi connectivity index (χ1v) is 15.7. The molecule has 0 amide bonds. The molecular weight excluding hydrogens is 448 g/mol. The van der Waals surface area contributed by atoms with Crippen molar-refractivity contribution < 1.29 is 19.1 Å². The summed E-state index contributed by atoms with van der Waals surface area (Å²) in [6.07, 6.45) is 30.2. The fourth-order valence-electron chi connectivity index (χ4n) is 5.07. The number of ketones is 1. The van der Waals surface area contributed by atoms with Crippen molar-refractivity contribution in [3.8, 4) is 0 Å². The van der Waals surface area contributed by atoms with Gasteiger partial charge in [-0.05, 0) is 19.8 Å². The van der Waals surface area contributed by atoms with Gasteiger partial charge in [0.25, 0.3) is 0 Å². The number of carbonyl (C=O) groups excluding carboxylic acids is 2. The maximum atomic E-state index is 12.1. The Bertz CT molecular complexity index is 595. The molecule has 0 fully saturated rings. The monoisotopic (exact) mass is 506 g/mol. The summed E-state index contributed by atoms with van der Waals surface area (Å²) in [4.78, 5) is 24.1. The average Bonchev–Trinajstić information content (AvgIpc) is 3.14. The minimum Gasteiger partial charge on any atom is -0.483 e. The zero-order valence-corrected chi connectivity index (χ0v) is 24.2. The molecule has 0 aromatic heterocycles. The zero-order valence-electron chi connectivity index (χ0n) is 24.2. The number of carbonyl (C=O) groups is 2. The van der Waals surface area contributed by atoms with Crippen molar-refractivity contribution in [3.05, 3.63) is 11.5 Å². The molecule has 210 valence electrons. The number of unbranched alkanes of at least 4 members (excludes halogenated alkanes) is 21. The Balaban J connectivity index is 1.77. The van der Waals surface area contributed by atoms with Gasteiger partial charge in [0.2, 0.25) is 11.5 Å². The molecule has 1 heterocycles. The van der Waals surface area contributed by atoms with E-state index in [0.29, 0.717) is 18.6 Å². The Hall–Kier alpha value is -1.32. The lowest BCUT2D eigenvalue weighted by Gasteiger charge is -2.05. The average molecular weight is 507 g/mol. The number of hydrogen-bond donors (Lipinski definition) is 0. The van der Waals surface area contributed by atoms with Gasteiger partial charge in [0.1, 0.15) is 5.76 Å². The van der Waals surface area contributed by atoms with E-state index in [1.165, 1.54) is 128 Å². The lowest BCUT2D eigenvalue weighted by atomic mass is 10.0. The molecule has 4 nitrogen and oxygen atoms in total. The number of allylic oxidation sites excluding steroid dienone is 1. The Morgan fingerprint density at radius 2 is 1.00 bits per heavy atom. The van der Waals surface area contributed by atoms with Crippen molar-refractivity contribution in [1.29, 1.82) is 0 Å². The Kier molecular flexibility index (Phi) is 20.8. The van der Waals surface area contributed by atoms with Crippen LogP contribution in [0.15, 0.2) is 11.5 Å². The summed E-state index contributed by atoms with van der Waals surface area (Å²) >= 11 is 0. The molecule has 1 aliphatic heterocycles. The van der Waals surface area contributed by atoms with Crippen LogP contribution >= 0.6 is 0 Å². The molecule has 0 aromatic carbocycles. The lowest BCUT2D eigenvalue weighted by molar-refractivity contribution is -0.142. The van der Waals surface area contributed by atoms with Crippen molar-refractivity contribution in [2.75, 3.05) is 0 Å². The van der Waals surface area contributed by atoms with Gasteiger partial charge in [0.05, 0.1) is 0 Å². The van der Waals surface area contributed by atoms with Crippen LogP contribution in [0.3, 0.4) is 0 Å². The number of ether oxygens (including phenoxy) is 2. The third-order valence-corrected chi connectivity index (χ3v) is 7.48. The Labute approximate surface area is 223 Å². The van der Waals surface area contributed by atoms with E-state index in [2.05, 4.69) is 6.92 Å². The summed E-state index contributed by atoms with van der Waals surface area (Å²) in [5.41, 5.74) is 0. The highest BCUT2D eigenvalue weighted by atomic mass is 16.6. The highest BCUT2D eigenvalue weighted by Gasteiger charge is 2.34. The van der Waals surface area contributed by atoms with Gasteiger partial charge in [0, 0.05) is 6.42 Å². The van der Waals surface area contributed by atoms with Crippen LogP contribution in [-0.4, -0.2) is 17.9 Å². The molecule has 4 heteroatoms. The largest absolute Gasteiger partial charge is 0.483 e. The predicted molar refractivity (Wildman–Crippen MR) is 151 cm³/mol. The summed E-state index contributed by atoms with van der Waals surface area (Å²) in [5, 5.41) is 0. The van der Waals surface area contributed by atoms with Crippen molar-refractivity contribution >= 4 is 11.8 Å². The van der Waals surface area contributed by atoms with Crippen LogP contribution in [0.1, 0.15) is 175 Å². The van der Waals surface area contributed by atoms with Crippen molar-refractivity contribution in [2.45, 2.75) is 181 Å². The number of Topliss-reactive ketones (excluding diaryl/α,β-unsaturated/α-hetero) is 1. The van der Waals surface area contributed by atoms with Crippen LogP contribution in [0.5, 0.6) is 0 Å². The first kappa shape index (κ1) is 32.7. The van der Waals surface area contributed by atoms with Gasteiger partial charge < -0.3 is 9.47 Å². The van der Waals surface area contributed by atoms with Gasteiger partial charge in [0.15, 0.2) is 6.10 Å². The van der Waals surface area contributed by atoms with Crippen LogP contribution in [0.4, 0.5) is 0 Å². The standard InChI is InChI=1S/C32H58O4/c1-4-6-7-8-9-10-11-12-13-14-15-16-17-18-19-20-21-22-23-24-25-26-27-30(33)36-32-28(3)35-29(5-2)31(32)34/h29H,4-27H2,1-3H3. The fourth-order valence-corrected chi connectivity index (χ4v) is 5.07. The van der Waals surface area contributed by atoms with E-state index in [9.17, 15) is 9.59 Å². The minimum atomic E-state index is -0.484. The Morgan fingerprint density at radius 1 is 0.639 bits per heavy atom. The maximum Gasteiger partial charge on any atom is 0.311 e. The zero-order chi connectivity index (χ0) is 26.3. The first-order valence-electron chi connectivity index (χ1n) is 15.7. The van der Waals surface area contributed by atoms with E-state index in [4.69, 9.17) is 9.47 Å². The van der Waals surface area contributed by atoms with Crippen LogP contribution in [0.25, 0.3) is 0 Å². The van der Waals surface area contributed by atoms with Gasteiger partial charge in [-0.25, -0.2) is 0 Å². The van der Waals surface area contributed by atoms with Gasteiger partial charge in [-0.15, -0.1) is 0 Å². The van der Waals surface area contributed by atoms with E-state index in [0.717, 1.165) is 12.8 Å². The molecule has 1 unspecified atom stereocenters.